The van der Waals surface area contributed by atoms with Gasteiger partial charge in [0, 0.05) is 18.2 Å². The third-order valence-corrected chi connectivity index (χ3v) is 5.36. The van der Waals surface area contributed by atoms with Crippen molar-refractivity contribution in [2.45, 2.75) is 6.42 Å². The highest BCUT2D eigenvalue weighted by molar-refractivity contribution is 8.14. The molecule has 3 aromatic rings. The van der Waals surface area contributed by atoms with Crippen LogP contribution in [0.25, 0.3) is 0 Å². The molecule has 0 fully saturated rings. The zero-order chi connectivity index (χ0) is 20.9. The minimum absolute atomic E-state index is 0.0854. The van der Waals surface area contributed by atoms with Gasteiger partial charge in [0.25, 0.3) is 0 Å². The average Bonchev–Trinajstić information content (AvgIpc) is 2.95. The molecule has 1 heterocycles. The zero-order valence-corrected chi connectivity index (χ0v) is 16.6. The van der Waals surface area contributed by atoms with Crippen LogP contribution in [0.5, 0.6) is 0 Å². The summed E-state index contributed by atoms with van der Waals surface area (Å²) in [7, 11) is 0. The number of benzene rings is 3. The third kappa shape index (κ3) is 4.80. The summed E-state index contributed by atoms with van der Waals surface area (Å²) >= 11 is 1.30. The molecule has 30 heavy (non-hydrogen) atoms. The van der Waals surface area contributed by atoms with Crippen molar-refractivity contribution in [3.05, 3.63) is 90.0 Å². The first-order valence-corrected chi connectivity index (χ1v) is 10.2. The molecular weight excluding hydrogens is 404 g/mol. The minimum Gasteiger partial charge on any atom is -0.325 e. The Morgan fingerprint density at radius 3 is 2.33 bits per heavy atom. The SMILES string of the molecule is O=C(CSC1=Nc2ccccc2N=C(c2ccccc2)C1)Nc1ccc(F)c(F)c1. The van der Waals surface area contributed by atoms with E-state index in [1.807, 2.05) is 54.6 Å². The van der Waals surface area contributed by atoms with Crippen molar-refractivity contribution in [2.24, 2.45) is 9.98 Å². The average molecular weight is 421 g/mol. The molecule has 0 aromatic heterocycles. The molecule has 0 atom stereocenters. The number of hydrogen-bond donors (Lipinski definition) is 1. The largest absolute Gasteiger partial charge is 0.325 e. The minimum atomic E-state index is -1.01. The molecule has 0 bridgehead atoms. The van der Waals surface area contributed by atoms with Crippen molar-refractivity contribution in [2.75, 3.05) is 11.1 Å². The second-order valence-corrected chi connectivity index (χ2v) is 7.61. The molecule has 0 aliphatic carbocycles. The van der Waals surface area contributed by atoms with Crippen LogP contribution in [0.15, 0.2) is 82.8 Å². The van der Waals surface area contributed by atoms with E-state index in [2.05, 4.69) is 5.32 Å². The molecular formula is C23H17F2N3OS. The van der Waals surface area contributed by atoms with Crippen LogP contribution in [0.3, 0.4) is 0 Å². The molecule has 3 aromatic carbocycles. The summed E-state index contributed by atoms with van der Waals surface area (Å²) < 4.78 is 26.4. The topological polar surface area (TPSA) is 53.8 Å². The fourth-order valence-corrected chi connectivity index (χ4v) is 3.73. The third-order valence-electron chi connectivity index (χ3n) is 4.38. The van der Waals surface area contributed by atoms with E-state index >= 15 is 0 Å². The number of nitrogens with zero attached hydrogens (tertiary/aromatic N) is 2. The van der Waals surface area contributed by atoms with E-state index < -0.39 is 11.6 Å². The lowest BCUT2D eigenvalue weighted by molar-refractivity contribution is -0.113. The molecule has 0 radical (unpaired) electrons. The van der Waals surface area contributed by atoms with Crippen molar-refractivity contribution in [1.29, 1.82) is 0 Å². The van der Waals surface area contributed by atoms with Gasteiger partial charge in [-0.15, -0.1) is 11.8 Å². The molecule has 1 aliphatic rings. The van der Waals surface area contributed by atoms with Gasteiger partial charge >= 0.3 is 0 Å². The van der Waals surface area contributed by atoms with E-state index in [0.717, 1.165) is 39.8 Å². The van der Waals surface area contributed by atoms with Gasteiger partial charge in [-0.05, 0) is 29.8 Å². The Morgan fingerprint density at radius 1 is 0.900 bits per heavy atom. The highest BCUT2D eigenvalue weighted by atomic mass is 32.2. The lowest BCUT2D eigenvalue weighted by atomic mass is 10.1. The summed E-state index contributed by atoms with van der Waals surface area (Å²) in [6.07, 6.45) is 0.488. The standard InChI is InChI=1S/C23H17F2N3OS/c24-17-11-10-16(12-18(17)25)26-22(29)14-30-23-13-21(15-6-2-1-3-7-15)27-19-8-4-5-9-20(19)28-23/h1-12H,13-14H2,(H,26,29). The number of carbonyl (C=O) groups is 1. The van der Waals surface area contributed by atoms with Crippen molar-refractivity contribution in [1.82, 2.24) is 0 Å². The van der Waals surface area contributed by atoms with E-state index in [-0.39, 0.29) is 17.3 Å². The first-order chi connectivity index (χ1) is 14.6. The van der Waals surface area contributed by atoms with Gasteiger partial charge in [-0.3, -0.25) is 9.79 Å². The number of carbonyl (C=O) groups excluding carboxylic acids is 1. The summed E-state index contributed by atoms with van der Waals surface area (Å²) in [5, 5.41) is 3.33. The molecule has 1 amide bonds. The molecule has 0 spiro atoms. The lowest BCUT2D eigenvalue weighted by Gasteiger charge is -2.08. The highest BCUT2D eigenvalue weighted by Crippen LogP contribution is 2.33. The van der Waals surface area contributed by atoms with Crippen LogP contribution in [-0.4, -0.2) is 22.4 Å². The van der Waals surface area contributed by atoms with Gasteiger partial charge in [-0.25, -0.2) is 13.8 Å². The van der Waals surface area contributed by atoms with Crippen LogP contribution in [0.4, 0.5) is 25.8 Å². The summed E-state index contributed by atoms with van der Waals surface area (Å²) in [5.41, 5.74) is 3.59. The van der Waals surface area contributed by atoms with Crippen LogP contribution in [0.1, 0.15) is 12.0 Å². The van der Waals surface area contributed by atoms with E-state index in [9.17, 15) is 13.6 Å². The van der Waals surface area contributed by atoms with Crippen molar-refractivity contribution >= 4 is 45.5 Å². The summed E-state index contributed by atoms with van der Waals surface area (Å²) in [4.78, 5) is 21.8. The fourth-order valence-electron chi connectivity index (χ4n) is 2.96. The molecule has 7 heteroatoms. The van der Waals surface area contributed by atoms with E-state index in [1.54, 1.807) is 0 Å². The number of nitrogens with one attached hydrogen (secondary N) is 1. The molecule has 4 rings (SSSR count). The molecule has 0 saturated heterocycles. The van der Waals surface area contributed by atoms with Crippen molar-refractivity contribution in [3.8, 4) is 0 Å². The summed E-state index contributed by atoms with van der Waals surface area (Å²) in [6, 6.07) is 20.7. The Labute approximate surface area is 176 Å². The predicted octanol–water partition coefficient (Wildman–Crippen LogP) is 5.89. The Morgan fingerprint density at radius 2 is 1.60 bits per heavy atom. The van der Waals surface area contributed by atoms with Gasteiger partial charge < -0.3 is 5.32 Å². The maximum atomic E-state index is 13.3. The monoisotopic (exact) mass is 421 g/mol. The van der Waals surface area contributed by atoms with E-state index in [1.165, 1.54) is 17.8 Å². The fraction of sp³-hybridized carbons (Fsp3) is 0.0870. The number of amides is 1. The van der Waals surface area contributed by atoms with Crippen LogP contribution in [0, 0.1) is 11.6 Å². The Balaban J connectivity index is 1.50. The van der Waals surface area contributed by atoms with Crippen LogP contribution in [0.2, 0.25) is 0 Å². The van der Waals surface area contributed by atoms with Crippen LogP contribution < -0.4 is 5.32 Å². The first kappa shape index (κ1) is 20.0. The van der Waals surface area contributed by atoms with Gasteiger partial charge in [0.05, 0.1) is 27.9 Å². The lowest BCUT2D eigenvalue weighted by Crippen LogP contribution is -2.16. The Kier molecular flexibility index (Phi) is 5.99. The van der Waals surface area contributed by atoms with Gasteiger partial charge in [-0.1, -0.05) is 42.5 Å². The number of aliphatic imine (C=N–C) groups is 2. The number of anilines is 1. The second-order valence-electron chi connectivity index (χ2n) is 6.56. The second kappa shape index (κ2) is 9.00. The van der Waals surface area contributed by atoms with Crippen molar-refractivity contribution in [3.63, 3.8) is 0 Å². The Bertz CT molecular complexity index is 1150. The number of para-hydroxylation sites is 2. The number of rotatable bonds is 4. The normalized spacial score (nSPS) is 13.0. The van der Waals surface area contributed by atoms with E-state index in [4.69, 9.17) is 9.98 Å². The van der Waals surface area contributed by atoms with E-state index in [0.29, 0.717) is 6.42 Å². The van der Waals surface area contributed by atoms with Crippen LogP contribution in [-0.2, 0) is 4.79 Å². The number of fused-ring (bicyclic) bond motifs is 1. The maximum Gasteiger partial charge on any atom is 0.234 e. The highest BCUT2D eigenvalue weighted by Gasteiger charge is 2.16. The number of thioether (sulfide) groups is 1. The van der Waals surface area contributed by atoms with Gasteiger partial charge in [0.2, 0.25) is 5.91 Å². The maximum absolute atomic E-state index is 13.3. The molecule has 4 nitrogen and oxygen atoms in total. The van der Waals surface area contributed by atoms with Gasteiger partial charge in [0.15, 0.2) is 11.6 Å². The molecule has 0 saturated carbocycles. The molecule has 0 unspecified atom stereocenters. The summed E-state index contributed by atoms with van der Waals surface area (Å²) in [5.74, 6) is -2.21. The smallest absolute Gasteiger partial charge is 0.234 e. The first-order valence-electron chi connectivity index (χ1n) is 9.26. The predicted molar refractivity (Wildman–Crippen MR) is 118 cm³/mol. The summed E-state index contributed by atoms with van der Waals surface area (Å²) in [6.45, 7) is 0. The Hall–Kier alpha value is -3.32. The van der Waals surface area contributed by atoms with Gasteiger partial charge in [-0.2, -0.15) is 0 Å². The molecule has 1 N–H and O–H groups in total. The van der Waals surface area contributed by atoms with Crippen molar-refractivity contribution < 1.29 is 13.6 Å². The quantitative estimate of drug-likeness (QED) is 0.571. The zero-order valence-electron chi connectivity index (χ0n) is 15.8. The number of halogens is 2. The molecule has 150 valence electrons. The number of hydrogen-bond acceptors (Lipinski definition) is 4. The van der Waals surface area contributed by atoms with Crippen LogP contribution >= 0.6 is 11.8 Å². The van der Waals surface area contributed by atoms with Gasteiger partial charge in [0.1, 0.15) is 0 Å². The molecule has 1 aliphatic heterocycles.